The number of carbonyl (C=O) groups is 2. The molecule has 0 amide bonds. The highest BCUT2D eigenvalue weighted by atomic mass is 127. The number of aromatic nitrogens is 1. The first-order valence-corrected chi connectivity index (χ1v) is 8.38. The van der Waals surface area contributed by atoms with Crippen molar-refractivity contribution in [3.05, 3.63) is 52.6 Å². The number of carbonyl (C=O) groups excluding carboxylic acids is 2. The zero-order chi connectivity index (χ0) is 18.6. The maximum atomic E-state index is 12.6. The number of dihydropyridines is 1. The minimum Gasteiger partial charge on any atom is -1.00 e. The Balaban J connectivity index is 0.00000338. The van der Waals surface area contributed by atoms with Crippen LogP contribution in [0.15, 0.2) is 47.1 Å². The summed E-state index contributed by atoms with van der Waals surface area (Å²) in [6.45, 7) is 7.68. The van der Waals surface area contributed by atoms with Gasteiger partial charge in [0.1, 0.15) is 7.05 Å². The zero-order valence-electron chi connectivity index (χ0n) is 15.8. The zero-order valence-corrected chi connectivity index (χ0v) is 17.9. The molecule has 1 aromatic rings. The lowest BCUT2D eigenvalue weighted by molar-refractivity contribution is -0.671. The molecule has 0 bridgehead atoms. The summed E-state index contributed by atoms with van der Waals surface area (Å²) in [5, 5.41) is 3.12. The molecule has 0 unspecified atom stereocenters. The van der Waals surface area contributed by atoms with Gasteiger partial charge in [0.05, 0.1) is 30.3 Å². The van der Waals surface area contributed by atoms with E-state index in [0.717, 1.165) is 5.56 Å². The summed E-state index contributed by atoms with van der Waals surface area (Å²) in [5.74, 6) is -1.39. The van der Waals surface area contributed by atoms with E-state index in [0.29, 0.717) is 22.5 Å². The first kappa shape index (κ1) is 22.1. The molecule has 6 nitrogen and oxygen atoms in total. The average Bonchev–Trinajstić information content (AvgIpc) is 2.55. The van der Waals surface area contributed by atoms with Gasteiger partial charge in [-0.05, 0) is 33.3 Å². The van der Waals surface area contributed by atoms with Gasteiger partial charge in [0.2, 0.25) is 0 Å². The van der Waals surface area contributed by atoms with Crippen molar-refractivity contribution in [2.75, 3.05) is 13.2 Å². The Morgan fingerprint density at radius 1 is 1.00 bits per heavy atom. The number of aryl methyl sites for hydroxylation is 1. The van der Waals surface area contributed by atoms with E-state index >= 15 is 0 Å². The van der Waals surface area contributed by atoms with Crippen LogP contribution in [0.2, 0.25) is 0 Å². The van der Waals surface area contributed by atoms with Crippen molar-refractivity contribution in [3.8, 4) is 0 Å². The van der Waals surface area contributed by atoms with E-state index in [-0.39, 0.29) is 37.2 Å². The average molecular weight is 472 g/mol. The van der Waals surface area contributed by atoms with E-state index in [2.05, 4.69) is 5.32 Å². The van der Waals surface area contributed by atoms with E-state index in [9.17, 15) is 9.59 Å². The first-order chi connectivity index (χ1) is 11.9. The fourth-order valence-corrected chi connectivity index (χ4v) is 2.99. The van der Waals surface area contributed by atoms with Crippen LogP contribution in [0.1, 0.15) is 39.2 Å². The number of hydrogen-bond acceptors (Lipinski definition) is 5. The molecule has 1 aromatic heterocycles. The Bertz CT molecular complexity index is 698. The lowest BCUT2D eigenvalue weighted by atomic mass is 9.80. The Kier molecular flexibility index (Phi) is 8.26. The quantitative estimate of drug-likeness (QED) is 0.334. The summed E-state index contributed by atoms with van der Waals surface area (Å²) in [5.41, 5.74) is 3.07. The molecule has 0 radical (unpaired) electrons. The van der Waals surface area contributed by atoms with E-state index in [1.165, 1.54) is 0 Å². The minimum atomic E-state index is -0.527. The van der Waals surface area contributed by atoms with Crippen molar-refractivity contribution in [1.29, 1.82) is 0 Å². The topological polar surface area (TPSA) is 68.5 Å². The summed E-state index contributed by atoms with van der Waals surface area (Å²) in [7, 11) is 1.91. The molecule has 0 aromatic carbocycles. The molecule has 142 valence electrons. The van der Waals surface area contributed by atoms with Crippen LogP contribution in [-0.4, -0.2) is 25.2 Å². The number of nitrogens with one attached hydrogen (secondary N) is 1. The van der Waals surface area contributed by atoms with Crippen molar-refractivity contribution >= 4 is 11.9 Å². The minimum absolute atomic E-state index is 0. The number of ether oxygens (including phenoxy) is 2. The van der Waals surface area contributed by atoms with Gasteiger partial charge in [0.15, 0.2) is 12.4 Å². The van der Waals surface area contributed by atoms with Gasteiger partial charge in [-0.3, -0.25) is 0 Å². The molecule has 1 aliphatic heterocycles. The van der Waals surface area contributed by atoms with Gasteiger partial charge < -0.3 is 38.8 Å². The summed E-state index contributed by atoms with van der Waals surface area (Å²) < 4.78 is 12.4. The van der Waals surface area contributed by atoms with Crippen molar-refractivity contribution in [2.24, 2.45) is 7.05 Å². The molecule has 0 aliphatic carbocycles. The predicted octanol–water partition coefficient (Wildman–Crippen LogP) is -1.12. The highest BCUT2D eigenvalue weighted by Gasteiger charge is 2.38. The lowest BCUT2D eigenvalue weighted by Gasteiger charge is -2.30. The van der Waals surface area contributed by atoms with Crippen molar-refractivity contribution < 1.29 is 47.6 Å². The van der Waals surface area contributed by atoms with Crippen LogP contribution in [0, 0.1) is 0 Å². The highest BCUT2D eigenvalue weighted by Crippen LogP contribution is 2.38. The molecule has 1 N–H and O–H groups in total. The first-order valence-electron chi connectivity index (χ1n) is 8.38. The molecule has 0 saturated heterocycles. The molecule has 1 aliphatic rings. The molecular weight excluding hydrogens is 447 g/mol. The molecule has 0 fully saturated rings. The third kappa shape index (κ3) is 4.63. The van der Waals surface area contributed by atoms with Crippen LogP contribution in [0.5, 0.6) is 0 Å². The predicted molar refractivity (Wildman–Crippen MR) is 92.2 cm³/mol. The normalized spacial score (nSPS) is 14.5. The second-order valence-corrected chi connectivity index (χ2v) is 5.87. The standard InChI is InChI=1S/C19H24N2O4.HI/c1-6-24-18(22)15-12(3)20-13(4)16(19(23)25-7-2)17(15)14-8-10-21(5)11-9-14;/h8-11,17H,6-7H2,1-5H3;1H. The van der Waals surface area contributed by atoms with Gasteiger partial charge in [-0.1, -0.05) is 0 Å². The Morgan fingerprint density at radius 2 is 1.42 bits per heavy atom. The number of esters is 2. The van der Waals surface area contributed by atoms with Gasteiger partial charge in [-0.25, -0.2) is 14.2 Å². The number of allylic oxidation sites excluding steroid dienone is 2. The summed E-state index contributed by atoms with van der Waals surface area (Å²) >= 11 is 0. The molecule has 0 atom stereocenters. The monoisotopic (exact) mass is 472 g/mol. The highest BCUT2D eigenvalue weighted by molar-refractivity contribution is 5.99. The molecule has 2 rings (SSSR count). The van der Waals surface area contributed by atoms with Crippen LogP contribution in [0.4, 0.5) is 0 Å². The maximum absolute atomic E-state index is 12.6. The number of hydrogen-bond donors (Lipinski definition) is 1. The van der Waals surface area contributed by atoms with Crippen LogP contribution in [0.3, 0.4) is 0 Å². The van der Waals surface area contributed by atoms with Gasteiger partial charge in [-0.15, -0.1) is 0 Å². The molecule has 26 heavy (non-hydrogen) atoms. The fraction of sp³-hybridized carbons (Fsp3) is 0.421. The second kappa shape index (κ2) is 9.70. The Morgan fingerprint density at radius 3 is 1.81 bits per heavy atom. The smallest absolute Gasteiger partial charge is 0.336 e. The van der Waals surface area contributed by atoms with Crippen molar-refractivity contribution in [3.63, 3.8) is 0 Å². The van der Waals surface area contributed by atoms with Gasteiger partial charge in [-0.2, -0.15) is 0 Å². The van der Waals surface area contributed by atoms with Crippen LogP contribution in [0.25, 0.3) is 0 Å². The lowest BCUT2D eigenvalue weighted by Crippen LogP contribution is -3.00. The maximum Gasteiger partial charge on any atom is 0.336 e. The number of nitrogens with zero attached hydrogens (tertiary/aromatic N) is 1. The van der Waals surface area contributed by atoms with Crippen molar-refractivity contribution in [1.82, 2.24) is 5.32 Å². The third-order valence-corrected chi connectivity index (χ3v) is 4.09. The van der Waals surface area contributed by atoms with Gasteiger partial charge >= 0.3 is 11.9 Å². The SMILES string of the molecule is CCOC(=O)C1=C(C)NC(C)=C(C(=O)OCC)C1c1cc[n+](C)cc1.[I-]. The van der Waals surface area contributed by atoms with Crippen LogP contribution in [-0.2, 0) is 26.1 Å². The second-order valence-electron chi connectivity index (χ2n) is 5.87. The summed E-state index contributed by atoms with van der Waals surface area (Å²) in [6.07, 6.45) is 3.77. The largest absolute Gasteiger partial charge is 1.00 e. The van der Waals surface area contributed by atoms with Gasteiger partial charge in [0, 0.05) is 23.5 Å². The number of halogens is 1. The van der Waals surface area contributed by atoms with E-state index < -0.39 is 17.9 Å². The Labute approximate surface area is 171 Å². The third-order valence-electron chi connectivity index (χ3n) is 4.09. The number of pyridine rings is 1. The van der Waals surface area contributed by atoms with Crippen molar-refractivity contribution in [2.45, 2.75) is 33.6 Å². The van der Waals surface area contributed by atoms with E-state index in [1.54, 1.807) is 13.8 Å². The van der Waals surface area contributed by atoms with Crippen LogP contribution < -0.4 is 33.9 Å². The van der Waals surface area contributed by atoms with Crippen LogP contribution >= 0.6 is 0 Å². The fourth-order valence-electron chi connectivity index (χ4n) is 2.99. The molecular formula is C19H25IN2O4. The van der Waals surface area contributed by atoms with Gasteiger partial charge in [0.25, 0.3) is 0 Å². The van der Waals surface area contributed by atoms with E-state index in [1.807, 2.05) is 50.0 Å². The molecule has 0 spiro atoms. The summed E-state index contributed by atoms with van der Waals surface area (Å²) in [4.78, 5) is 25.2. The molecule has 7 heteroatoms. The number of rotatable bonds is 5. The molecule has 2 heterocycles. The summed E-state index contributed by atoms with van der Waals surface area (Å²) in [6, 6.07) is 3.80. The molecule has 0 saturated carbocycles. The Hall–Kier alpha value is -1.90. The van der Waals surface area contributed by atoms with E-state index in [4.69, 9.17) is 9.47 Å².